The summed E-state index contributed by atoms with van der Waals surface area (Å²) in [5, 5.41) is 3.00. The number of fused-ring (bicyclic) bond motifs is 1. The zero-order chi connectivity index (χ0) is 22.0. The number of hydrogen-bond acceptors (Lipinski definition) is 5. The minimum atomic E-state index is -3.92. The average molecular weight is 449 g/mol. The molecule has 0 spiro atoms. The van der Waals surface area contributed by atoms with E-state index in [0.717, 1.165) is 11.6 Å². The predicted molar refractivity (Wildman–Crippen MR) is 112 cm³/mol. The van der Waals surface area contributed by atoms with E-state index >= 15 is 0 Å². The number of nitrogens with zero attached hydrogens (tertiary/aromatic N) is 1. The van der Waals surface area contributed by atoms with Gasteiger partial charge in [-0.3, -0.25) is 4.79 Å². The molecule has 1 fully saturated rings. The van der Waals surface area contributed by atoms with Crippen LogP contribution in [0.2, 0.25) is 0 Å². The summed E-state index contributed by atoms with van der Waals surface area (Å²) in [5.74, 6) is 0.168. The van der Waals surface area contributed by atoms with E-state index in [2.05, 4.69) is 5.32 Å². The van der Waals surface area contributed by atoms with Gasteiger partial charge in [0.05, 0.1) is 6.04 Å². The van der Waals surface area contributed by atoms with Gasteiger partial charge in [-0.25, -0.2) is 12.8 Å². The molecule has 4 rings (SSSR count). The highest BCUT2D eigenvalue weighted by molar-refractivity contribution is 7.89. The molecule has 0 bridgehead atoms. The molecule has 9 heteroatoms. The topological polar surface area (TPSA) is 84.9 Å². The Morgan fingerprint density at radius 2 is 1.77 bits per heavy atom. The van der Waals surface area contributed by atoms with Crippen molar-refractivity contribution in [1.29, 1.82) is 0 Å². The second-order valence-electron chi connectivity index (χ2n) is 7.74. The van der Waals surface area contributed by atoms with E-state index in [9.17, 15) is 17.6 Å². The minimum Gasteiger partial charge on any atom is -0.486 e. The summed E-state index contributed by atoms with van der Waals surface area (Å²) in [6, 6.07) is 10.7. The summed E-state index contributed by atoms with van der Waals surface area (Å²) in [7, 11) is -3.92. The van der Waals surface area contributed by atoms with Gasteiger partial charge >= 0.3 is 0 Å². The summed E-state index contributed by atoms with van der Waals surface area (Å²) >= 11 is 0. The Bertz CT molecular complexity index is 1070. The van der Waals surface area contributed by atoms with Crippen LogP contribution in [-0.2, 0) is 14.8 Å². The molecular formula is C22H25FN2O5S. The molecule has 1 amide bonds. The number of carbonyl (C=O) groups excluding carboxylic acids is 1. The Kier molecular flexibility index (Phi) is 6.15. The van der Waals surface area contributed by atoms with Gasteiger partial charge < -0.3 is 14.8 Å². The second-order valence-corrected chi connectivity index (χ2v) is 9.65. The molecule has 2 heterocycles. The van der Waals surface area contributed by atoms with Crippen LogP contribution >= 0.6 is 0 Å². The maximum atomic E-state index is 14.0. The van der Waals surface area contributed by atoms with Gasteiger partial charge in [0.1, 0.15) is 23.9 Å². The van der Waals surface area contributed by atoms with E-state index in [1.807, 2.05) is 25.1 Å². The summed E-state index contributed by atoms with van der Waals surface area (Å²) in [6.45, 7) is 3.25. The third-order valence-electron chi connectivity index (χ3n) is 5.70. The Balaban J connectivity index is 1.36. The smallest absolute Gasteiger partial charge is 0.245 e. The van der Waals surface area contributed by atoms with Crippen molar-refractivity contribution in [3.05, 3.63) is 53.8 Å². The van der Waals surface area contributed by atoms with Crippen molar-refractivity contribution in [2.24, 2.45) is 5.92 Å². The molecule has 2 aliphatic rings. The van der Waals surface area contributed by atoms with Crippen molar-refractivity contribution >= 4 is 15.9 Å². The van der Waals surface area contributed by atoms with Crippen LogP contribution in [0.25, 0.3) is 0 Å². The molecule has 0 saturated carbocycles. The van der Waals surface area contributed by atoms with E-state index in [1.165, 1.54) is 22.5 Å². The maximum absolute atomic E-state index is 14.0. The summed E-state index contributed by atoms with van der Waals surface area (Å²) in [6.07, 6.45) is 0.765. The first-order valence-corrected chi connectivity index (χ1v) is 11.7. The van der Waals surface area contributed by atoms with Crippen molar-refractivity contribution < 1.29 is 27.1 Å². The zero-order valence-corrected chi connectivity index (χ0v) is 18.0. The number of halogens is 1. The van der Waals surface area contributed by atoms with Gasteiger partial charge in [-0.2, -0.15) is 4.31 Å². The van der Waals surface area contributed by atoms with Crippen molar-refractivity contribution in [2.45, 2.75) is 30.7 Å². The molecule has 166 valence electrons. The fourth-order valence-corrected chi connectivity index (χ4v) is 5.43. The lowest BCUT2D eigenvalue weighted by molar-refractivity contribution is -0.126. The van der Waals surface area contributed by atoms with Crippen LogP contribution in [-0.4, -0.2) is 44.9 Å². The Morgan fingerprint density at radius 3 is 2.48 bits per heavy atom. The number of ether oxygens (including phenoxy) is 2. The van der Waals surface area contributed by atoms with Crippen LogP contribution in [0.5, 0.6) is 11.5 Å². The highest BCUT2D eigenvalue weighted by Gasteiger charge is 2.33. The first-order valence-electron chi connectivity index (χ1n) is 10.3. The number of carbonyl (C=O) groups is 1. The highest BCUT2D eigenvalue weighted by Crippen LogP contribution is 2.33. The van der Waals surface area contributed by atoms with Crippen LogP contribution < -0.4 is 14.8 Å². The monoisotopic (exact) mass is 448 g/mol. The molecule has 0 aliphatic carbocycles. The number of rotatable bonds is 5. The van der Waals surface area contributed by atoms with Crippen molar-refractivity contribution in [3.63, 3.8) is 0 Å². The van der Waals surface area contributed by atoms with E-state index in [-0.39, 0.29) is 35.9 Å². The van der Waals surface area contributed by atoms with E-state index in [0.29, 0.717) is 37.6 Å². The molecule has 31 heavy (non-hydrogen) atoms. The van der Waals surface area contributed by atoms with Gasteiger partial charge in [-0.15, -0.1) is 0 Å². The standard InChI is InChI=1S/C22H25FN2O5S/c1-15(17-6-7-19-20(14-17)30-13-12-29-19)24-22(26)16-8-10-25(11-9-16)31(27,28)21-5-3-2-4-18(21)23/h2-7,14-16H,8-13H2,1H3,(H,24,26)/t15-/m0/s1. The first kappa shape index (κ1) is 21.6. The third kappa shape index (κ3) is 4.52. The molecule has 0 unspecified atom stereocenters. The summed E-state index contributed by atoms with van der Waals surface area (Å²) in [4.78, 5) is 12.4. The van der Waals surface area contributed by atoms with Gasteiger partial charge in [0.2, 0.25) is 15.9 Å². The maximum Gasteiger partial charge on any atom is 0.245 e. The lowest BCUT2D eigenvalue weighted by Crippen LogP contribution is -2.43. The number of sulfonamides is 1. The number of piperidine rings is 1. The largest absolute Gasteiger partial charge is 0.486 e. The van der Waals surface area contributed by atoms with Crippen LogP contribution in [0.4, 0.5) is 4.39 Å². The summed E-state index contributed by atoms with van der Waals surface area (Å²) < 4.78 is 51.8. The Labute approximate surface area is 181 Å². The van der Waals surface area contributed by atoms with Crippen molar-refractivity contribution in [2.75, 3.05) is 26.3 Å². The van der Waals surface area contributed by atoms with Gasteiger partial charge in [0.25, 0.3) is 0 Å². The SMILES string of the molecule is C[C@H](NC(=O)C1CCN(S(=O)(=O)c2ccccc2F)CC1)c1ccc2c(c1)OCCO2. The van der Waals surface area contributed by atoms with Gasteiger partial charge in [0.15, 0.2) is 11.5 Å². The van der Waals surface area contributed by atoms with E-state index < -0.39 is 15.8 Å². The third-order valence-corrected chi connectivity index (χ3v) is 7.64. The van der Waals surface area contributed by atoms with Gasteiger partial charge in [-0.05, 0) is 49.6 Å². The van der Waals surface area contributed by atoms with Crippen molar-refractivity contribution in [3.8, 4) is 11.5 Å². The molecule has 2 aromatic rings. The molecule has 7 nitrogen and oxygen atoms in total. The quantitative estimate of drug-likeness (QED) is 0.760. The normalized spacial score (nSPS) is 18.4. The molecule has 0 radical (unpaired) electrons. The van der Waals surface area contributed by atoms with E-state index in [4.69, 9.17) is 9.47 Å². The Morgan fingerprint density at radius 1 is 1.10 bits per heavy atom. The zero-order valence-electron chi connectivity index (χ0n) is 17.2. The van der Waals surface area contributed by atoms with Gasteiger partial charge in [0, 0.05) is 19.0 Å². The highest BCUT2D eigenvalue weighted by atomic mass is 32.2. The van der Waals surface area contributed by atoms with Crippen molar-refractivity contribution in [1.82, 2.24) is 9.62 Å². The lowest BCUT2D eigenvalue weighted by atomic mass is 9.96. The number of hydrogen-bond donors (Lipinski definition) is 1. The van der Waals surface area contributed by atoms with Crippen LogP contribution in [0.1, 0.15) is 31.4 Å². The Hall–Kier alpha value is -2.65. The van der Waals surface area contributed by atoms with Gasteiger partial charge in [-0.1, -0.05) is 18.2 Å². The number of nitrogens with one attached hydrogen (secondary N) is 1. The second kappa shape index (κ2) is 8.84. The molecule has 2 aliphatic heterocycles. The summed E-state index contributed by atoms with van der Waals surface area (Å²) in [5.41, 5.74) is 0.900. The fraction of sp³-hybridized carbons (Fsp3) is 0.409. The fourth-order valence-electron chi connectivity index (χ4n) is 3.90. The lowest BCUT2D eigenvalue weighted by Gasteiger charge is -2.31. The molecule has 1 N–H and O–H groups in total. The molecule has 1 atom stereocenters. The number of benzene rings is 2. The molecular weight excluding hydrogens is 423 g/mol. The number of amides is 1. The molecule has 1 saturated heterocycles. The van der Waals surface area contributed by atoms with Crippen LogP contribution in [0.3, 0.4) is 0 Å². The van der Waals surface area contributed by atoms with Crippen LogP contribution in [0, 0.1) is 11.7 Å². The molecule has 0 aromatic heterocycles. The first-order chi connectivity index (χ1) is 14.9. The van der Waals surface area contributed by atoms with Crippen LogP contribution in [0.15, 0.2) is 47.4 Å². The predicted octanol–water partition coefficient (Wildman–Crippen LogP) is 2.88. The minimum absolute atomic E-state index is 0.120. The average Bonchev–Trinajstić information content (AvgIpc) is 2.79. The van der Waals surface area contributed by atoms with E-state index in [1.54, 1.807) is 0 Å². The molecule has 2 aromatic carbocycles.